The molecule has 1 aliphatic carbocycles. The van der Waals surface area contributed by atoms with Crippen molar-refractivity contribution in [3.8, 4) is 0 Å². The zero-order valence-electron chi connectivity index (χ0n) is 8.57. The molecular formula is C11H17NO2. The van der Waals surface area contributed by atoms with Crippen molar-refractivity contribution in [1.29, 1.82) is 0 Å². The second-order valence-electron chi connectivity index (χ2n) is 4.50. The Balaban J connectivity index is 1.97. The van der Waals surface area contributed by atoms with Crippen LogP contribution in [-0.4, -0.2) is 28.7 Å². The Bertz CT molecular complexity index is 274. The zero-order chi connectivity index (χ0) is 10.3. The molecular weight excluding hydrogens is 178 g/mol. The molecule has 2 aliphatic rings. The van der Waals surface area contributed by atoms with Crippen molar-refractivity contribution in [1.82, 2.24) is 4.90 Å². The normalized spacial score (nSPS) is 35.4. The number of likely N-dealkylation sites (tertiary alicyclic amines) is 1. The Morgan fingerprint density at radius 2 is 2.36 bits per heavy atom. The smallest absolute Gasteiger partial charge is 0.228 e. The summed E-state index contributed by atoms with van der Waals surface area (Å²) in [7, 11) is 0. The van der Waals surface area contributed by atoms with Crippen LogP contribution < -0.4 is 0 Å². The predicted molar refractivity (Wildman–Crippen MR) is 53.4 cm³/mol. The van der Waals surface area contributed by atoms with E-state index in [2.05, 4.69) is 6.58 Å². The molecule has 78 valence electrons. The molecule has 3 heteroatoms. The molecule has 0 aromatic heterocycles. The number of hydrogen-bond acceptors (Lipinski definition) is 2. The lowest BCUT2D eigenvalue weighted by Crippen LogP contribution is -2.35. The molecule has 0 aromatic rings. The van der Waals surface area contributed by atoms with Crippen molar-refractivity contribution in [3.63, 3.8) is 0 Å². The van der Waals surface area contributed by atoms with Crippen LogP contribution in [0.25, 0.3) is 0 Å². The van der Waals surface area contributed by atoms with Crippen molar-refractivity contribution < 1.29 is 9.90 Å². The summed E-state index contributed by atoms with van der Waals surface area (Å²) in [6, 6.07) is 0. The van der Waals surface area contributed by atoms with Gasteiger partial charge in [-0.25, -0.2) is 0 Å². The lowest BCUT2D eigenvalue weighted by atomic mass is 9.75. The molecule has 3 atom stereocenters. The Morgan fingerprint density at radius 1 is 1.64 bits per heavy atom. The minimum Gasteiger partial charge on any atom is -0.373 e. The van der Waals surface area contributed by atoms with Crippen molar-refractivity contribution in [3.05, 3.63) is 12.2 Å². The van der Waals surface area contributed by atoms with Gasteiger partial charge in [-0.2, -0.15) is 0 Å². The molecule has 1 saturated heterocycles. The Labute approximate surface area is 84.4 Å². The predicted octanol–water partition coefficient (Wildman–Crippen LogP) is 1.14. The third-order valence-corrected chi connectivity index (χ3v) is 3.41. The highest BCUT2D eigenvalue weighted by molar-refractivity contribution is 5.82. The van der Waals surface area contributed by atoms with Gasteiger partial charge in [0.2, 0.25) is 5.91 Å². The van der Waals surface area contributed by atoms with Crippen molar-refractivity contribution in [2.24, 2.45) is 11.8 Å². The highest BCUT2D eigenvalue weighted by atomic mass is 16.3. The van der Waals surface area contributed by atoms with Crippen LogP contribution in [0.2, 0.25) is 0 Å². The largest absolute Gasteiger partial charge is 0.373 e. The van der Waals surface area contributed by atoms with Crippen LogP contribution in [0, 0.1) is 11.8 Å². The van der Waals surface area contributed by atoms with Crippen molar-refractivity contribution >= 4 is 5.91 Å². The first-order valence-electron chi connectivity index (χ1n) is 5.24. The van der Waals surface area contributed by atoms with Gasteiger partial charge in [0, 0.05) is 18.4 Å². The maximum Gasteiger partial charge on any atom is 0.228 e. The van der Waals surface area contributed by atoms with Crippen molar-refractivity contribution in [2.75, 3.05) is 6.54 Å². The van der Waals surface area contributed by atoms with Crippen LogP contribution in [0.3, 0.4) is 0 Å². The average molecular weight is 195 g/mol. The van der Waals surface area contributed by atoms with Crippen LogP contribution >= 0.6 is 0 Å². The minimum atomic E-state index is -0.527. The lowest BCUT2D eigenvalue weighted by Gasteiger charge is -2.28. The van der Waals surface area contributed by atoms with Gasteiger partial charge < -0.3 is 10.0 Å². The van der Waals surface area contributed by atoms with E-state index in [0.29, 0.717) is 6.54 Å². The molecule has 1 heterocycles. The van der Waals surface area contributed by atoms with Gasteiger partial charge in [-0.3, -0.25) is 4.79 Å². The van der Waals surface area contributed by atoms with Gasteiger partial charge in [-0.05, 0) is 26.2 Å². The zero-order valence-corrected chi connectivity index (χ0v) is 8.57. The second-order valence-corrected chi connectivity index (χ2v) is 4.50. The highest BCUT2D eigenvalue weighted by Crippen LogP contribution is 2.44. The number of amides is 1. The summed E-state index contributed by atoms with van der Waals surface area (Å²) in [5.74, 6) is 0.484. The third kappa shape index (κ3) is 1.36. The fourth-order valence-electron chi connectivity index (χ4n) is 2.32. The summed E-state index contributed by atoms with van der Waals surface area (Å²) in [5, 5.41) is 9.84. The number of rotatable bonds is 3. The maximum atomic E-state index is 11.7. The summed E-state index contributed by atoms with van der Waals surface area (Å²) in [4.78, 5) is 13.3. The maximum absolute atomic E-state index is 11.7. The number of hydrogen-bond donors (Lipinski definition) is 1. The standard InChI is InChI=1S/C11H17NO2/c1-7(2)5-6-12-10(13)8-3-4-9(8)11(12)14/h8-10,13H,1,3-6H2,2H3/t8-,9+,10-/m0/s1. The molecule has 14 heavy (non-hydrogen) atoms. The quantitative estimate of drug-likeness (QED) is 0.686. The van der Waals surface area contributed by atoms with Gasteiger partial charge in [-0.15, -0.1) is 6.58 Å². The third-order valence-electron chi connectivity index (χ3n) is 3.41. The summed E-state index contributed by atoms with van der Waals surface area (Å²) in [6.07, 6.45) is 2.23. The number of aliphatic hydroxyl groups is 1. The summed E-state index contributed by atoms with van der Waals surface area (Å²) in [6.45, 7) is 6.37. The first kappa shape index (κ1) is 9.71. The number of carbonyl (C=O) groups is 1. The molecule has 2 rings (SSSR count). The van der Waals surface area contributed by atoms with Crippen LogP contribution in [0.4, 0.5) is 0 Å². The van der Waals surface area contributed by atoms with Crippen LogP contribution in [0.15, 0.2) is 12.2 Å². The fourth-order valence-corrected chi connectivity index (χ4v) is 2.32. The van der Waals surface area contributed by atoms with Gasteiger partial charge in [0.05, 0.1) is 0 Å². The molecule has 0 spiro atoms. The van der Waals surface area contributed by atoms with Crippen molar-refractivity contribution in [2.45, 2.75) is 32.4 Å². The molecule has 2 fully saturated rings. The summed E-state index contributed by atoms with van der Waals surface area (Å²) in [5.41, 5.74) is 1.06. The fraction of sp³-hybridized carbons (Fsp3) is 0.727. The molecule has 0 bridgehead atoms. The molecule has 0 aromatic carbocycles. The van der Waals surface area contributed by atoms with E-state index in [1.165, 1.54) is 0 Å². The molecule has 1 amide bonds. The van der Waals surface area contributed by atoms with Crippen LogP contribution in [0.1, 0.15) is 26.2 Å². The van der Waals surface area contributed by atoms with E-state index in [4.69, 9.17) is 0 Å². The Kier molecular flexibility index (Phi) is 2.35. The molecule has 0 radical (unpaired) electrons. The highest BCUT2D eigenvalue weighted by Gasteiger charge is 2.51. The van der Waals surface area contributed by atoms with Gasteiger partial charge in [0.15, 0.2) is 0 Å². The molecule has 0 unspecified atom stereocenters. The topological polar surface area (TPSA) is 40.5 Å². The van der Waals surface area contributed by atoms with E-state index < -0.39 is 6.23 Å². The minimum absolute atomic E-state index is 0.120. The van der Waals surface area contributed by atoms with E-state index in [-0.39, 0.29) is 17.7 Å². The molecule has 3 nitrogen and oxygen atoms in total. The number of nitrogens with zero attached hydrogens (tertiary/aromatic N) is 1. The first-order chi connectivity index (χ1) is 6.61. The van der Waals surface area contributed by atoms with Crippen LogP contribution in [-0.2, 0) is 4.79 Å². The van der Waals surface area contributed by atoms with Crippen LogP contribution in [0.5, 0.6) is 0 Å². The van der Waals surface area contributed by atoms with E-state index in [0.717, 1.165) is 24.8 Å². The Hall–Kier alpha value is -0.830. The number of fused-ring (bicyclic) bond motifs is 1. The average Bonchev–Trinajstić information content (AvgIpc) is 2.15. The lowest BCUT2D eigenvalue weighted by molar-refractivity contribution is -0.135. The first-order valence-corrected chi connectivity index (χ1v) is 5.24. The van der Waals surface area contributed by atoms with E-state index >= 15 is 0 Å². The van der Waals surface area contributed by atoms with Gasteiger partial charge >= 0.3 is 0 Å². The summed E-state index contributed by atoms with van der Waals surface area (Å²) < 4.78 is 0. The van der Waals surface area contributed by atoms with E-state index in [1.807, 2.05) is 6.92 Å². The summed E-state index contributed by atoms with van der Waals surface area (Å²) >= 11 is 0. The van der Waals surface area contributed by atoms with E-state index in [9.17, 15) is 9.90 Å². The number of aliphatic hydroxyl groups excluding tert-OH is 1. The monoisotopic (exact) mass is 195 g/mol. The number of carbonyl (C=O) groups excluding carboxylic acids is 1. The van der Waals surface area contributed by atoms with Gasteiger partial charge in [-0.1, -0.05) is 5.57 Å². The van der Waals surface area contributed by atoms with Gasteiger partial charge in [0.1, 0.15) is 6.23 Å². The molecule has 1 aliphatic heterocycles. The molecule has 1 N–H and O–H groups in total. The van der Waals surface area contributed by atoms with Gasteiger partial charge in [0.25, 0.3) is 0 Å². The SMILES string of the molecule is C=C(C)CCN1C(=O)[C@@H]2CC[C@@H]2[C@@H]1O. The van der Waals surface area contributed by atoms with E-state index in [1.54, 1.807) is 4.90 Å². The Morgan fingerprint density at radius 3 is 2.71 bits per heavy atom. The molecule has 1 saturated carbocycles. The second kappa shape index (κ2) is 3.39.